The van der Waals surface area contributed by atoms with Gasteiger partial charge in [-0.3, -0.25) is 0 Å². The van der Waals surface area contributed by atoms with E-state index in [0.29, 0.717) is 19.3 Å². The number of alkyl halides is 3. The fraction of sp³-hybridized carbons (Fsp3) is 0.333. The molecular formula is C18H19F3O. The minimum Gasteiger partial charge on any atom is -0.393 e. The summed E-state index contributed by atoms with van der Waals surface area (Å²) >= 11 is 0. The Hall–Kier alpha value is -1.81. The van der Waals surface area contributed by atoms with Crippen LogP contribution in [0.1, 0.15) is 29.5 Å². The van der Waals surface area contributed by atoms with E-state index in [-0.39, 0.29) is 0 Å². The number of rotatable bonds is 6. The van der Waals surface area contributed by atoms with Gasteiger partial charge in [-0.1, -0.05) is 42.5 Å². The van der Waals surface area contributed by atoms with Crippen LogP contribution >= 0.6 is 0 Å². The number of aliphatic hydroxyl groups is 1. The van der Waals surface area contributed by atoms with Crippen LogP contribution in [0.4, 0.5) is 13.2 Å². The lowest BCUT2D eigenvalue weighted by Gasteiger charge is -2.11. The minimum absolute atomic E-state index is 0.442. The SMILES string of the molecule is OC(CCc1ccccc1)CCc1ccc(C(F)(F)F)cc1. The molecule has 0 heterocycles. The lowest BCUT2D eigenvalue weighted by molar-refractivity contribution is -0.137. The standard InChI is InChI=1S/C18H19F3O/c19-18(20,21)16-10-6-15(7-11-16)9-13-17(22)12-8-14-4-2-1-3-5-14/h1-7,10-11,17,22H,8-9,12-13H2. The number of hydrogen-bond donors (Lipinski definition) is 1. The van der Waals surface area contributed by atoms with E-state index in [0.717, 1.165) is 24.1 Å². The van der Waals surface area contributed by atoms with Gasteiger partial charge in [-0.05, 0) is 48.9 Å². The van der Waals surface area contributed by atoms with Crippen molar-refractivity contribution >= 4 is 0 Å². The summed E-state index contributed by atoms with van der Waals surface area (Å²) in [5.41, 5.74) is 1.35. The fourth-order valence-electron chi connectivity index (χ4n) is 2.32. The number of aliphatic hydroxyl groups excluding tert-OH is 1. The van der Waals surface area contributed by atoms with Crippen molar-refractivity contribution in [1.82, 2.24) is 0 Å². The van der Waals surface area contributed by atoms with E-state index >= 15 is 0 Å². The zero-order valence-electron chi connectivity index (χ0n) is 12.2. The molecule has 2 rings (SSSR count). The smallest absolute Gasteiger partial charge is 0.393 e. The van der Waals surface area contributed by atoms with Crippen molar-refractivity contribution < 1.29 is 18.3 Å². The molecule has 0 aliphatic rings. The van der Waals surface area contributed by atoms with Crippen molar-refractivity contribution in [1.29, 1.82) is 0 Å². The van der Waals surface area contributed by atoms with Gasteiger partial charge in [-0.2, -0.15) is 13.2 Å². The van der Waals surface area contributed by atoms with Gasteiger partial charge in [-0.15, -0.1) is 0 Å². The second kappa shape index (κ2) is 7.45. The van der Waals surface area contributed by atoms with Gasteiger partial charge in [0.05, 0.1) is 11.7 Å². The molecule has 0 spiro atoms. The zero-order chi connectivity index (χ0) is 16.0. The summed E-state index contributed by atoms with van der Waals surface area (Å²) in [4.78, 5) is 0. The number of hydrogen-bond acceptors (Lipinski definition) is 1. The molecule has 0 aliphatic heterocycles. The van der Waals surface area contributed by atoms with Crippen molar-refractivity contribution in [3.8, 4) is 0 Å². The van der Waals surface area contributed by atoms with Gasteiger partial charge in [-0.25, -0.2) is 0 Å². The van der Waals surface area contributed by atoms with E-state index in [4.69, 9.17) is 0 Å². The van der Waals surface area contributed by atoms with Crippen LogP contribution in [-0.4, -0.2) is 11.2 Å². The van der Waals surface area contributed by atoms with Crippen molar-refractivity contribution in [2.75, 3.05) is 0 Å². The van der Waals surface area contributed by atoms with Gasteiger partial charge in [0.25, 0.3) is 0 Å². The summed E-state index contributed by atoms with van der Waals surface area (Å²) in [5, 5.41) is 9.98. The first-order valence-corrected chi connectivity index (χ1v) is 7.33. The van der Waals surface area contributed by atoms with Gasteiger partial charge < -0.3 is 5.11 Å². The first-order chi connectivity index (χ1) is 10.4. The minimum atomic E-state index is -4.30. The van der Waals surface area contributed by atoms with Gasteiger partial charge in [0.15, 0.2) is 0 Å². The summed E-state index contributed by atoms with van der Waals surface area (Å²) in [7, 11) is 0. The third-order valence-electron chi connectivity index (χ3n) is 3.66. The van der Waals surface area contributed by atoms with Gasteiger partial charge in [0, 0.05) is 0 Å². The third kappa shape index (κ3) is 5.19. The van der Waals surface area contributed by atoms with Gasteiger partial charge in [0.1, 0.15) is 0 Å². The van der Waals surface area contributed by atoms with Gasteiger partial charge >= 0.3 is 6.18 Å². The van der Waals surface area contributed by atoms with Crippen LogP contribution in [0.3, 0.4) is 0 Å². The molecule has 0 saturated carbocycles. The third-order valence-corrected chi connectivity index (χ3v) is 3.66. The van der Waals surface area contributed by atoms with Crippen molar-refractivity contribution in [3.63, 3.8) is 0 Å². The predicted octanol–water partition coefficient (Wildman–Crippen LogP) is 4.63. The normalized spacial score (nSPS) is 13.1. The molecule has 1 atom stereocenters. The van der Waals surface area contributed by atoms with E-state index in [1.807, 2.05) is 30.3 Å². The predicted molar refractivity (Wildman–Crippen MR) is 80.5 cm³/mol. The Balaban J connectivity index is 1.77. The molecule has 1 unspecified atom stereocenters. The highest BCUT2D eigenvalue weighted by atomic mass is 19.4. The topological polar surface area (TPSA) is 20.2 Å². The molecule has 118 valence electrons. The number of halogens is 3. The van der Waals surface area contributed by atoms with E-state index in [1.165, 1.54) is 17.7 Å². The highest BCUT2D eigenvalue weighted by Gasteiger charge is 2.29. The van der Waals surface area contributed by atoms with Crippen LogP contribution < -0.4 is 0 Å². The zero-order valence-corrected chi connectivity index (χ0v) is 12.2. The molecule has 0 bridgehead atoms. The second-order valence-electron chi connectivity index (χ2n) is 5.41. The maximum atomic E-state index is 12.5. The van der Waals surface area contributed by atoms with E-state index in [9.17, 15) is 18.3 Å². The highest BCUT2D eigenvalue weighted by Crippen LogP contribution is 2.29. The van der Waals surface area contributed by atoms with Crippen LogP contribution in [0.5, 0.6) is 0 Å². The van der Waals surface area contributed by atoms with Crippen LogP contribution in [0.2, 0.25) is 0 Å². The maximum Gasteiger partial charge on any atom is 0.416 e. The molecule has 2 aromatic rings. The lowest BCUT2D eigenvalue weighted by Crippen LogP contribution is -2.09. The average molecular weight is 308 g/mol. The molecule has 0 aliphatic carbocycles. The van der Waals surface area contributed by atoms with Crippen LogP contribution in [-0.2, 0) is 19.0 Å². The number of aryl methyl sites for hydroxylation is 2. The molecule has 2 aromatic carbocycles. The van der Waals surface area contributed by atoms with Crippen LogP contribution in [0.15, 0.2) is 54.6 Å². The lowest BCUT2D eigenvalue weighted by atomic mass is 10.0. The monoisotopic (exact) mass is 308 g/mol. The Labute approximate surface area is 128 Å². The maximum absolute atomic E-state index is 12.5. The number of benzene rings is 2. The van der Waals surface area contributed by atoms with E-state index < -0.39 is 17.8 Å². The molecule has 0 amide bonds. The Bertz CT molecular complexity index is 561. The average Bonchev–Trinajstić information content (AvgIpc) is 2.51. The summed E-state index contributed by atoms with van der Waals surface area (Å²) in [6.45, 7) is 0. The first-order valence-electron chi connectivity index (χ1n) is 7.33. The summed E-state index contributed by atoms with van der Waals surface area (Å²) < 4.78 is 37.4. The molecule has 0 saturated heterocycles. The Kier molecular flexibility index (Phi) is 5.61. The summed E-state index contributed by atoms with van der Waals surface area (Å²) in [6.07, 6.45) is -2.15. The van der Waals surface area contributed by atoms with E-state index in [1.54, 1.807) is 0 Å². The quantitative estimate of drug-likeness (QED) is 0.825. The first kappa shape index (κ1) is 16.6. The molecule has 1 nitrogen and oxygen atoms in total. The van der Waals surface area contributed by atoms with Gasteiger partial charge in [0.2, 0.25) is 0 Å². The molecule has 0 aromatic heterocycles. The molecule has 22 heavy (non-hydrogen) atoms. The Morgan fingerprint density at radius 1 is 0.773 bits per heavy atom. The molecule has 0 fully saturated rings. The second-order valence-corrected chi connectivity index (χ2v) is 5.41. The Morgan fingerprint density at radius 3 is 1.77 bits per heavy atom. The largest absolute Gasteiger partial charge is 0.416 e. The van der Waals surface area contributed by atoms with Crippen molar-refractivity contribution in [2.24, 2.45) is 0 Å². The van der Waals surface area contributed by atoms with Crippen molar-refractivity contribution in [3.05, 3.63) is 71.3 Å². The molecule has 0 radical (unpaired) electrons. The highest BCUT2D eigenvalue weighted by molar-refractivity contribution is 5.24. The van der Waals surface area contributed by atoms with Crippen molar-refractivity contribution in [2.45, 2.75) is 38.0 Å². The molecule has 1 N–H and O–H groups in total. The van der Waals surface area contributed by atoms with Crippen LogP contribution in [0, 0.1) is 0 Å². The van der Waals surface area contributed by atoms with E-state index in [2.05, 4.69) is 0 Å². The summed E-state index contributed by atoms with van der Waals surface area (Å²) in [5.74, 6) is 0. The Morgan fingerprint density at radius 2 is 1.27 bits per heavy atom. The van der Waals surface area contributed by atoms with Crippen LogP contribution in [0.25, 0.3) is 0 Å². The molecule has 4 heteroatoms. The molecular weight excluding hydrogens is 289 g/mol. The fourth-order valence-corrected chi connectivity index (χ4v) is 2.32. The summed E-state index contributed by atoms with van der Waals surface area (Å²) in [6, 6.07) is 15.0.